The van der Waals surface area contributed by atoms with Gasteiger partial charge in [-0.2, -0.15) is 0 Å². The van der Waals surface area contributed by atoms with Gasteiger partial charge in [0.1, 0.15) is 12.1 Å². The van der Waals surface area contributed by atoms with Crippen molar-refractivity contribution in [1.82, 2.24) is 9.80 Å². The Kier molecular flexibility index (Phi) is 5.20. The largest absolute Gasteiger partial charge is 0.472 e. The first-order chi connectivity index (χ1) is 11.6. The number of carbonyl (C=O) groups is 2. The summed E-state index contributed by atoms with van der Waals surface area (Å²) < 4.78 is 18.5. The van der Waals surface area contributed by atoms with Gasteiger partial charge in [0.2, 0.25) is 5.91 Å². The second kappa shape index (κ2) is 7.53. The summed E-state index contributed by atoms with van der Waals surface area (Å²) in [4.78, 5) is 28.3. The summed E-state index contributed by atoms with van der Waals surface area (Å²) in [5, 5.41) is 0. The molecule has 126 valence electrons. The summed E-state index contributed by atoms with van der Waals surface area (Å²) in [6, 6.07) is 8.04. The maximum atomic E-state index is 13.6. The van der Waals surface area contributed by atoms with Gasteiger partial charge in [-0.3, -0.25) is 9.59 Å². The maximum Gasteiger partial charge on any atom is 0.257 e. The summed E-state index contributed by atoms with van der Waals surface area (Å²) in [7, 11) is 0. The molecule has 2 aromatic rings. The van der Waals surface area contributed by atoms with Crippen LogP contribution >= 0.6 is 11.8 Å². The summed E-state index contributed by atoms with van der Waals surface area (Å²) >= 11 is 1.19. The van der Waals surface area contributed by atoms with Crippen LogP contribution in [0.4, 0.5) is 4.39 Å². The molecule has 0 saturated carbocycles. The van der Waals surface area contributed by atoms with Crippen LogP contribution < -0.4 is 0 Å². The number of hydrogen-bond acceptors (Lipinski definition) is 4. The first kappa shape index (κ1) is 16.6. The Morgan fingerprint density at radius 3 is 2.46 bits per heavy atom. The first-order valence-corrected chi connectivity index (χ1v) is 8.60. The summed E-state index contributed by atoms with van der Waals surface area (Å²) in [6.45, 7) is 1.95. The fourth-order valence-electron chi connectivity index (χ4n) is 2.52. The molecule has 2 amide bonds. The monoisotopic (exact) mass is 348 g/mol. The normalized spacial score (nSPS) is 14.7. The van der Waals surface area contributed by atoms with Crippen molar-refractivity contribution in [3.8, 4) is 0 Å². The van der Waals surface area contributed by atoms with E-state index in [1.807, 2.05) is 0 Å². The second-order valence-corrected chi connectivity index (χ2v) is 6.42. The van der Waals surface area contributed by atoms with Crippen LogP contribution in [0.3, 0.4) is 0 Å². The molecule has 0 bridgehead atoms. The van der Waals surface area contributed by atoms with E-state index in [0.29, 0.717) is 36.6 Å². The molecule has 24 heavy (non-hydrogen) atoms. The molecule has 3 rings (SSSR count). The molecule has 1 aliphatic heterocycles. The number of amides is 2. The Balaban J connectivity index is 1.48. The minimum absolute atomic E-state index is 0.0429. The van der Waals surface area contributed by atoms with Gasteiger partial charge in [-0.25, -0.2) is 4.39 Å². The van der Waals surface area contributed by atoms with Crippen LogP contribution in [0.5, 0.6) is 0 Å². The third-order valence-corrected chi connectivity index (χ3v) is 4.91. The lowest BCUT2D eigenvalue weighted by Crippen LogP contribution is -2.51. The van der Waals surface area contributed by atoms with Gasteiger partial charge in [0.05, 0.1) is 17.6 Å². The van der Waals surface area contributed by atoms with Crippen molar-refractivity contribution in [2.75, 3.05) is 31.9 Å². The van der Waals surface area contributed by atoms with Crippen molar-refractivity contribution < 1.29 is 18.4 Å². The number of halogens is 1. The Bertz CT molecular complexity index is 712. The van der Waals surface area contributed by atoms with E-state index in [1.54, 1.807) is 34.1 Å². The number of furan rings is 1. The number of hydrogen-bond donors (Lipinski definition) is 0. The Hall–Kier alpha value is -2.28. The first-order valence-electron chi connectivity index (χ1n) is 7.62. The van der Waals surface area contributed by atoms with Gasteiger partial charge in [0.15, 0.2) is 0 Å². The van der Waals surface area contributed by atoms with Crippen molar-refractivity contribution in [2.45, 2.75) is 4.90 Å². The fourth-order valence-corrected chi connectivity index (χ4v) is 3.36. The molecule has 0 radical (unpaired) electrons. The van der Waals surface area contributed by atoms with Gasteiger partial charge in [0.25, 0.3) is 5.91 Å². The van der Waals surface area contributed by atoms with Gasteiger partial charge in [0, 0.05) is 31.1 Å². The van der Waals surface area contributed by atoms with Crippen LogP contribution in [0.1, 0.15) is 10.4 Å². The molecule has 0 unspecified atom stereocenters. The predicted molar refractivity (Wildman–Crippen MR) is 88.3 cm³/mol. The predicted octanol–water partition coefficient (Wildman–Crippen LogP) is 2.50. The van der Waals surface area contributed by atoms with Crippen LogP contribution in [0.25, 0.3) is 0 Å². The average molecular weight is 348 g/mol. The highest BCUT2D eigenvalue weighted by molar-refractivity contribution is 8.00. The van der Waals surface area contributed by atoms with Crippen LogP contribution in [0, 0.1) is 5.82 Å². The van der Waals surface area contributed by atoms with E-state index >= 15 is 0 Å². The highest BCUT2D eigenvalue weighted by Gasteiger charge is 2.25. The van der Waals surface area contributed by atoms with E-state index in [0.717, 1.165) is 0 Å². The van der Waals surface area contributed by atoms with Gasteiger partial charge >= 0.3 is 0 Å². The number of carbonyl (C=O) groups excluding carboxylic acids is 2. The third-order valence-electron chi connectivity index (χ3n) is 3.88. The lowest BCUT2D eigenvalue weighted by atomic mass is 10.2. The van der Waals surface area contributed by atoms with Crippen LogP contribution in [-0.2, 0) is 4.79 Å². The standard InChI is InChI=1S/C17H17FN2O3S/c18-14-3-1-2-4-15(14)24-12-16(21)19-6-8-20(9-7-19)17(22)13-5-10-23-11-13/h1-5,10-11H,6-9,12H2. The topological polar surface area (TPSA) is 53.8 Å². The second-order valence-electron chi connectivity index (χ2n) is 5.40. The van der Waals surface area contributed by atoms with Crippen LogP contribution in [0.2, 0.25) is 0 Å². The summed E-state index contributed by atoms with van der Waals surface area (Å²) in [5.74, 6) is -0.252. The number of rotatable bonds is 4. The van der Waals surface area contributed by atoms with E-state index in [1.165, 1.54) is 30.4 Å². The smallest absolute Gasteiger partial charge is 0.257 e. The molecule has 1 fully saturated rings. The lowest BCUT2D eigenvalue weighted by molar-refractivity contribution is -0.129. The quantitative estimate of drug-likeness (QED) is 0.797. The zero-order valence-electron chi connectivity index (χ0n) is 13.0. The molecule has 2 heterocycles. The van der Waals surface area contributed by atoms with Crippen molar-refractivity contribution in [2.24, 2.45) is 0 Å². The molecule has 5 nitrogen and oxygen atoms in total. The number of benzene rings is 1. The minimum Gasteiger partial charge on any atom is -0.472 e. The maximum absolute atomic E-state index is 13.6. The Morgan fingerprint density at radius 1 is 1.08 bits per heavy atom. The molecular weight excluding hydrogens is 331 g/mol. The van der Waals surface area contributed by atoms with E-state index in [4.69, 9.17) is 4.42 Å². The average Bonchev–Trinajstić information content (AvgIpc) is 3.15. The summed E-state index contributed by atoms with van der Waals surface area (Å²) in [5.41, 5.74) is 0.518. The van der Waals surface area contributed by atoms with Crippen molar-refractivity contribution in [3.63, 3.8) is 0 Å². The molecule has 1 aromatic carbocycles. The lowest BCUT2D eigenvalue weighted by Gasteiger charge is -2.34. The van der Waals surface area contributed by atoms with Crippen molar-refractivity contribution in [3.05, 3.63) is 54.2 Å². The van der Waals surface area contributed by atoms with Crippen LogP contribution in [-0.4, -0.2) is 53.5 Å². The highest BCUT2D eigenvalue weighted by atomic mass is 32.2. The molecule has 1 aromatic heterocycles. The van der Waals surface area contributed by atoms with E-state index in [2.05, 4.69) is 0 Å². The van der Waals surface area contributed by atoms with Gasteiger partial charge in [-0.15, -0.1) is 11.8 Å². The molecule has 1 saturated heterocycles. The van der Waals surface area contributed by atoms with E-state index < -0.39 is 0 Å². The number of piperazine rings is 1. The summed E-state index contributed by atoms with van der Waals surface area (Å²) in [6.07, 6.45) is 2.89. The zero-order valence-corrected chi connectivity index (χ0v) is 13.8. The molecule has 1 aliphatic rings. The van der Waals surface area contributed by atoms with E-state index in [-0.39, 0.29) is 23.4 Å². The Morgan fingerprint density at radius 2 is 1.79 bits per heavy atom. The molecule has 0 atom stereocenters. The molecule has 0 N–H and O–H groups in total. The van der Waals surface area contributed by atoms with E-state index in [9.17, 15) is 14.0 Å². The minimum atomic E-state index is -0.314. The van der Waals surface area contributed by atoms with Crippen molar-refractivity contribution >= 4 is 23.6 Å². The molecule has 0 aliphatic carbocycles. The zero-order chi connectivity index (χ0) is 16.9. The number of nitrogens with zero attached hydrogens (tertiary/aromatic N) is 2. The van der Waals surface area contributed by atoms with Gasteiger partial charge in [-0.05, 0) is 18.2 Å². The van der Waals surface area contributed by atoms with Gasteiger partial charge < -0.3 is 14.2 Å². The van der Waals surface area contributed by atoms with Gasteiger partial charge in [-0.1, -0.05) is 12.1 Å². The molecular formula is C17H17FN2O3S. The highest BCUT2D eigenvalue weighted by Crippen LogP contribution is 2.21. The van der Waals surface area contributed by atoms with Crippen molar-refractivity contribution in [1.29, 1.82) is 0 Å². The fraction of sp³-hybridized carbons (Fsp3) is 0.294. The number of thioether (sulfide) groups is 1. The SMILES string of the molecule is O=C(CSc1ccccc1F)N1CCN(C(=O)c2ccoc2)CC1. The van der Waals surface area contributed by atoms with Crippen LogP contribution in [0.15, 0.2) is 52.2 Å². The Labute approximate surface area is 143 Å². The molecule has 7 heteroatoms. The third kappa shape index (κ3) is 3.79. The molecule has 0 spiro atoms.